The molecular formula is C13H24N2S. The summed E-state index contributed by atoms with van der Waals surface area (Å²) in [6.45, 7) is 6.21. The fraction of sp³-hybridized carbons (Fsp3) is 1.00. The predicted molar refractivity (Wildman–Crippen MR) is 70.7 cm³/mol. The number of nitrogens with zero attached hydrogens (tertiary/aromatic N) is 1. The van der Waals surface area contributed by atoms with Crippen LogP contribution in [0.5, 0.6) is 0 Å². The van der Waals surface area contributed by atoms with Crippen molar-refractivity contribution in [1.29, 1.82) is 0 Å². The Balaban J connectivity index is 1.58. The summed E-state index contributed by atoms with van der Waals surface area (Å²) in [6, 6.07) is 0.517. The Morgan fingerprint density at radius 2 is 2.12 bits per heavy atom. The molecule has 2 nitrogen and oxygen atoms in total. The van der Waals surface area contributed by atoms with E-state index in [9.17, 15) is 0 Å². The molecule has 2 saturated carbocycles. The highest BCUT2D eigenvalue weighted by molar-refractivity contribution is 7.99. The first-order valence-corrected chi connectivity index (χ1v) is 7.88. The molecule has 0 aromatic carbocycles. The Hall–Kier alpha value is 0.270. The Morgan fingerprint density at radius 3 is 2.81 bits per heavy atom. The van der Waals surface area contributed by atoms with E-state index in [0.717, 1.165) is 23.0 Å². The van der Waals surface area contributed by atoms with Gasteiger partial charge in [-0.2, -0.15) is 11.8 Å². The van der Waals surface area contributed by atoms with Gasteiger partial charge in [0.15, 0.2) is 0 Å². The Labute approximate surface area is 103 Å². The lowest BCUT2D eigenvalue weighted by molar-refractivity contribution is 0.179. The molecule has 0 aromatic rings. The van der Waals surface area contributed by atoms with E-state index < -0.39 is 0 Å². The summed E-state index contributed by atoms with van der Waals surface area (Å²) >= 11 is 2.12. The van der Waals surface area contributed by atoms with E-state index in [0.29, 0.717) is 6.04 Å². The Bertz CT molecular complexity index is 256. The molecule has 1 aliphatic heterocycles. The fourth-order valence-electron chi connectivity index (χ4n) is 4.08. The predicted octanol–water partition coefficient (Wildman–Crippen LogP) is 1.80. The van der Waals surface area contributed by atoms with Gasteiger partial charge in [-0.15, -0.1) is 0 Å². The summed E-state index contributed by atoms with van der Waals surface area (Å²) in [5.41, 5.74) is 6.38. The molecule has 3 aliphatic rings. The minimum atomic E-state index is 0.517. The van der Waals surface area contributed by atoms with Gasteiger partial charge in [0.2, 0.25) is 0 Å². The quantitative estimate of drug-likeness (QED) is 0.798. The lowest BCUT2D eigenvalue weighted by Crippen LogP contribution is -2.46. The number of hydrogen-bond donors (Lipinski definition) is 1. The molecule has 0 radical (unpaired) electrons. The van der Waals surface area contributed by atoms with Crippen molar-refractivity contribution < 1.29 is 0 Å². The normalized spacial score (nSPS) is 48.8. The number of rotatable bonds is 2. The molecule has 3 fully saturated rings. The van der Waals surface area contributed by atoms with E-state index in [2.05, 4.69) is 23.6 Å². The molecule has 1 saturated heterocycles. The zero-order valence-electron chi connectivity index (χ0n) is 10.3. The molecule has 3 heteroatoms. The second-order valence-electron chi connectivity index (χ2n) is 6.02. The molecule has 2 N–H and O–H groups in total. The number of hydrogen-bond acceptors (Lipinski definition) is 3. The standard InChI is InChI=1S/C13H24N2S/c1-9-7-15(4-5-16-9)8-12-10-2-3-11(6-10)13(12)14/h9-13H,2-8,14H2,1H3. The van der Waals surface area contributed by atoms with Crippen molar-refractivity contribution in [2.24, 2.45) is 23.5 Å². The van der Waals surface area contributed by atoms with Crippen LogP contribution in [0.15, 0.2) is 0 Å². The lowest BCUT2D eigenvalue weighted by Gasteiger charge is -2.36. The molecule has 0 aromatic heterocycles. The van der Waals surface area contributed by atoms with Gasteiger partial charge in [-0.05, 0) is 37.0 Å². The molecule has 92 valence electrons. The number of thioether (sulfide) groups is 1. The maximum atomic E-state index is 6.38. The van der Waals surface area contributed by atoms with Gasteiger partial charge in [-0.3, -0.25) is 0 Å². The van der Waals surface area contributed by atoms with Crippen molar-refractivity contribution in [3.05, 3.63) is 0 Å². The third-order valence-corrected chi connectivity index (χ3v) is 6.09. The van der Waals surface area contributed by atoms with Crippen LogP contribution in [0, 0.1) is 17.8 Å². The summed E-state index contributed by atoms with van der Waals surface area (Å²) < 4.78 is 0. The van der Waals surface area contributed by atoms with E-state index in [1.807, 2.05) is 0 Å². The van der Waals surface area contributed by atoms with Gasteiger partial charge >= 0.3 is 0 Å². The zero-order chi connectivity index (χ0) is 11.1. The van der Waals surface area contributed by atoms with Gasteiger partial charge in [-0.1, -0.05) is 6.92 Å². The van der Waals surface area contributed by atoms with Crippen molar-refractivity contribution in [2.45, 2.75) is 37.5 Å². The fourth-order valence-corrected chi connectivity index (χ4v) is 5.16. The van der Waals surface area contributed by atoms with Crippen LogP contribution in [0.3, 0.4) is 0 Å². The molecule has 0 amide bonds. The van der Waals surface area contributed by atoms with Crippen molar-refractivity contribution in [3.8, 4) is 0 Å². The summed E-state index contributed by atoms with van der Waals surface area (Å²) in [5.74, 6) is 3.96. The third kappa shape index (κ3) is 2.02. The van der Waals surface area contributed by atoms with Crippen molar-refractivity contribution >= 4 is 11.8 Å². The topological polar surface area (TPSA) is 29.3 Å². The van der Waals surface area contributed by atoms with E-state index in [1.165, 1.54) is 44.6 Å². The Morgan fingerprint density at radius 1 is 1.31 bits per heavy atom. The third-order valence-electron chi connectivity index (χ3n) is 4.95. The first kappa shape index (κ1) is 11.4. The van der Waals surface area contributed by atoms with Crippen LogP contribution in [-0.2, 0) is 0 Å². The van der Waals surface area contributed by atoms with E-state index >= 15 is 0 Å². The molecule has 2 aliphatic carbocycles. The number of nitrogens with two attached hydrogens (primary N) is 1. The average molecular weight is 240 g/mol. The maximum Gasteiger partial charge on any atom is 0.0147 e. The van der Waals surface area contributed by atoms with E-state index in [1.54, 1.807) is 0 Å². The number of fused-ring (bicyclic) bond motifs is 2. The monoisotopic (exact) mass is 240 g/mol. The van der Waals surface area contributed by atoms with Crippen LogP contribution < -0.4 is 5.73 Å². The second-order valence-corrected chi connectivity index (χ2v) is 7.56. The molecule has 0 spiro atoms. The minimum Gasteiger partial charge on any atom is -0.327 e. The smallest absolute Gasteiger partial charge is 0.0147 e. The molecular weight excluding hydrogens is 216 g/mol. The largest absolute Gasteiger partial charge is 0.327 e. The maximum absolute atomic E-state index is 6.38. The van der Waals surface area contributed by atoms with Crippen molar-refractivity contribution in [2.75, 3.05) is 25.4 Å². The Kier molecular flexibility index (Phi) is 3.20. The van der Waals surface area contributed by atoms with Gasteiger partial charge in [0.1, 0.15) is 0 Å². The van der Waals surface area contributed by atoms with Crippen molar-refractivity contribution in [1.82, 2.24) is 4.90 Å². The zero-order valence-corrected chi connectivity index (χ0v) is 11.1. The van der Waals surface area contributed by atoms with Crippen LogP contribution in [0.4, 0.5) is 0 Å². The molecule has 3 rings (SSSR count). The van der Waals surface area contributed by atoms with Gasteiger partial charge in [0.05, 0.1) is 0 Å². The van der Waals surface area contributed by atoms with Crippen LogP contribution in [-0.4, -0.2) is 41.6 Å². The van der Waals surface area contributed by atoms with Gasteiger partial charge < -0.3 is 10.6 Å². The van der Waals surface area contributed by atoms with Crippen LogP contribution in [0.1, 0.15) is 26.2 Å². The van der Waals surface area contributed by atoms with Gasteiger partial charge in [0, 0.05) is 36.7 Å². The SMILES string of the molecule is CC1CN(CC2C3CCC(C3)C2N)CCS1. The average Bonchev–Trinajstić information content (AvgIpc) is 2.82. The highest BCUT2D eigenvalue weighted by Crippen LogP contribution is 2.47. The summed E-state index contributed by atoms with van der Waals surface area (Å²) in [4.78, 5) is 2.67. The summed E-state index contributed by atoms with van der Waals surface area (Å²) in [6.07, 6.45) is 4.31. The first-order valence-electron chi connectivity index (χ1n) is 6.83. The molecule has 2 bridgehead atoms. The molecule has 5 unspecified atom stereocenters. The van der Waals surface area contributed by atoms with Crippen molar-refractivity contribution in [3.63, 3.8) is 0 Å². The minimum absolute atomic E-state index is 0.517. The molecule has 1 heterocycles. The molecule has 16 heavy (non-hydrogen) atoms. The van der Waals surface area contributed by atoms with E-state index in [4.69, 9.17) is 5.73 Å². The van der Waals surface area contributed by atoms with E-state index in [-0.39, 0.29) is 0 Å². The lowest BCUT2D eigenvalue weighted by atomic mass is 9.84. The highest BCUT2D eigenvalue weighted by atomic mass is 32.2. The van der Waals surface area contributed by atoms with Crippen LogP contribution in [0.25, 0.3) is 0 Å². The van der Waals surface area contributed by atoms with Crippen LogP contribution >= 0.6 is 11.8 Å². The van der Waals surface area contributed by atoms with Gasteiger partial charge in [-0.25, -0.2) is 0 Å². The second kappa shape index (κ2) is 4.51. The summed E-state index contributed by atoms with van der Waals surface area (Å²) in [7, 11) is 0. The van der Waals surface area contributed by atoms with Crippen LogP contribution in [0.2, 0.25) is 0 Å². The van der Waals surface area contributed by atoms with Gasteiger partial charge in [0.25, 0.3) is 0 Å². The summed E-state index contributed by atoms with van der Waals surface area (Å²) in [5, 5.41) is 0.823. The first-order chi connectivity index (χ1) is 7.74. The molecule has 5 atom stereocenters. The highest BCUT2D eigenvalue weighted by Gasteiger charge is 2.46.